The molecule has 8 heteroatoms. The number of hydrogen-bond acceptors (Lipinski definition) is 4. The minimum atomic E-state index is -1.04. The van der Waals surface area contributed by atoms with E-state index in [1.165, 1.54) is 16.7 Å². The van der Waals surface area contributed by atoms with Gasteiger partial charge in [-0.3, -0.25) is 19.3 Å². The Balaban J connectivity index is 1.88. The summed E-state index contributed by atoms with van der Waals surface area (Å²) in [5.41, 5.74) is 0.663. The van der Waals surface area contributed by atoms with Gasteiger partial charge >= 0.3 is 0 Å². The van der Waals surface area contributed by atoms with Crippen LogP contribution in [0.1, 0.15) is 26.7 Å². The van der Waals surface area contributed by atoms with Crippen LogP contribution in [0, 0.1) is 0 Å². The summed E-state index contributed by atoms with van der Waals surface area (Å²) in [6, 6.07) is 4.59. The van der Waals surface area contributed by atoms with E-state index in [0.717, 1.165) is 4.90 Å². The van der Waals surface area contributed by atoms with Gasteiger partial charge in [-0.1, -0.05) is 23.4 Å². The molecule has 3 amide bonds. The third-order valence-electron chi connectivity index (χ3n) is 4.18. The Morgan fingerprint density at radius 2 is 2.21 bits per heavy atom. The number of thioether (sulfide) groups is 1. The highest BCUT2D eigenvalue weighted by Crippen LogP contribution is 2.56. The number of nitrogens with zero attached hydrogens (tertiary/aromatic N) is 1. The van der Waals surface area contributed by atoms with Crippen molar-refractivity contribution in [3.8, 4) is 0 Å². The number of hydrogen-bond donors (Lipinski definition) is 2. The molecule has 2 atom stereocenters. The Labute approximate surface area is 149 Å². The van der Waals surface area contributed by atoms with Gasteiger partial charge in [0.15, 0.2) is 4.87 Å². The summed E-state index contributed by atoms with van der Waals surface area (Å²) in [6.45, 7) is 3.94. The van der Waals surface area contributed by atoms with Crippen molar-refractivity contribution in [2.45, 2.75) is 42.5 Å². The van der Waals surface area contributed by atoms with E-state index in [4.69, 9.17) is 11.6 Å². The average Bonchev–Trinajstić information content (AvgIpc) is 3.04. The largest absolute Gasteiger partial charge is 0.355 e. The fourth-order valence-electron chi connectivity index (χ4n) is 3.02. The molecule has 3 rings (SSSR count). The lowest BCUT2D eigenvalue weighted by Crippen LogP contribution is -2.56. The van der Waals surface area contributed by atoms with Gasteiger partial charge in [0, 0.05) is 22.9 Å². The Kier molecular flexibility index (Phi) is 4.48. The predicted molar refractivity (Wildman–Crippen MR) is 93.0 cm³/mol. The third kappa shape index (κ3) is 2.65. The number of likely N-dealkylation sites (N-methyl/N-ethyl adjacent to an activating group) is 1. The second kappa shape index (κ2) is 6.29. The van der Waals surface area contributed by atoms with Gasteiger partial charge in [0.1, 0.15) is 6.04 Å². The number of benzene rings is 1. The zero-order chi connectivity index (χ0) is 17.5. The Morgan fingerprint density at radius 1 is 1.46 bits per heavy atom. The lowest BCUT2D eigenvalue weighted by atomic mass is 10.1. The predicted octanol–water partition coefficient (Wildman–Crippen LogP) is 1.91. The highest BCUT2D eigenvalue weighted by Gasteiger charge is 2.57. The molecule has 1 fully saturated rings. The molecular weight excluding hydrogens is 350 g/mol. The van der Waals surface area contributed by atoms with E-state index >= 15 is 0 Å². The van der Waals surface area contributed by atoms with Crippen molar-refractivity contribution in [3.63, 3.8) is 0 Å². The van der Waals surface area contributed by atoms with Gasteiger partial charge in [0.2, 0.25) is 11.8 Å². The number of carbonyl (C=O) groups is 3. The van der Waals surface area contributed by atoms with Gasteiger partial charge in [-0.05, 0) is 38.5 Å². The Hall–Kier alpha value is -1.73. The van der Waals surface area contributed by atoms with E-state index in [0.29, 0.717) is 30.1 Å². The first-order chi connectivity index (χ1) is 11.4. The van der Waals surface area contributed by atoms with Crippen LogP contribution < -0.4 is 15.5 Å². The van der Waals surface area contributed by atoms with Crippen LogP contribution in [0.25, 0.3) is 0 Å². The fourth-order valence-corrected chi connectivity index (χ4v) is 4.59. The summed E-state index contributed by atoms with van der Waals surface area (Å²) < 4.78 is 0. The molecule has 2 heterocycles. The summed E-state index contributed by atoms with van der Waals surface area (Å²) in [5.74, 6) is -0.685. The van der Waals surface area contributed by atoms with Crippen LogP contribution in [0.5, 0.6) is 0 Å². The summed E-state index contributed by atoms with van der Waals surface area (Å²) in [5, 5.41) is 5.93. The molecule has 0 aromatic heterocycles. The van der Waals surface area contributed by atoms with Gasteiger partial charge in [-0.15, -0.1) is 0 Å². The molecule has 2 N–H and O–H groups in total. The number of anilines is 1. The van der Waals surface area contributed by atoms with Crippen molar-refractivity contribution in [1.29, 1.82) is 0 Å². The van der Waals surface area contributed by atoms with E-state index in [1.54, 1.807) is 19.1 Å². The van der Waals surface area contributed by atoms with Crippen LogP contribution in [0.15, 0.2) is 23.1 Å². The minimum Gasteiger partial charge on any atom is -0.355 e. The molecule has 1 aromatic rings. The molecule has 0 aliphatic carbocycles. The first-order valence-electron chi connectivity index (χ1n) is 7.79. The van der Waals surface area contributed by atoms with E-state index in [9.17, 15) is 14.4 Å². The van der Waals surface area contributed by atoms with Crippen LogP contribution in [-0.4, -0.2) is 35.2 Å². The van der Waals surface area contributed by atoms with E-state index < -0.39 is 10.9 Å². The third-order valence-corrected chi connectivity index (χ3v) is 5.89. The molecule has 0 spiro atoms. The second-order valence-electron chi connectivity index (χ2n) is 5.82. The van der Waals surface area contributed by atoms with Crippen LogP contribution in [-0.2, 0) is 14.4 Å². The Bertz CT molecular complexity index is 727. The normalized spacial score (nSPS) is 22.8. The maximum absolute atomic E-state index is 12.9. The zero-order valence-electron chi connectivity index (χ0n) is 13.4. The Morgan fingerprint density at radius 3 is 2.92 bits per heavy atom. The molecule has 1 saturated heterocycles. The number of nitrogens with one attached hydrogen (secondary N) is 2. The fraction of sp³-hybridized carbons (Fsp3) is 0.438. The summed E-state index contributed by atoms with van der Waals surface area (Å²) in [4.78, 5) is 38.5. The van der Waals surface area contributed by atoms with Crippen LogP contribution in [0.2, 0.25) is 5.02 Å². The lowest BCUT2D eigenvalue weighted by molar-refractivity contribution is -0.130. The molecule has 0 saturated carbocycles. The van der Waals surface area contributed by atoms with Crippen molar-refractivity contribution in [1.82, 2.24) is 10.6 Å². The molecule has 2 aliphatic rings. The lowest BCUT2D eigenvalue weighted by Gasteiger charge is -2.30. The van der Waals surface area contributed by atoms with Gasteiger partial charge < -0.3 is 10.6 Å². The van der Waals surface area contributed by atoms with Gasteiger partial charge in [0.05, 0.1) is 5.69 Å². The highest BCUT2D eigenvalue weighted by atomic mass is 35.5. The molecule has 0 unspecified atom stereocenters. The van der Waals surface area contributed by atoms with Crippen LogP contribution in [0.4, 0.5) is 5.69 Å². The minimum absolute atomic E-state index is 0.107. The molecule has 0 radical (unpaired) electrons. The van der Waals surface area contributed by atoms with Crippen molar-refractivity contribution in [2.24, 2.45) is 0 Å². The first kappa shape index (κ1) is 17.1. The van der Waals surface area contributed by atoms with Gasteiger partial charge in [-0.2, -0.15) is 0 Å². The zero-order valence-corrected chi connectivity index (χ0v) is 15.0. The maximum atomic E-state index is 12.9. The molecule has 1 aromatic carbocycles. The molecule has 24 heavy (non-hydrogen) atoms. The SMILES string of the molecule is CCNC(=O)[C@@H](C)NC(=O)[C@]12CCC(=O)N1c1cc(Cl)ccc1S2. The quantitative estimate of drug-likeness (QED) is 0.852. The molecule has 0 bridgehead atoms. The van der Waals surface area contributed by atoms with Crippen molar-refractivity contribution >= 4 is 46.8 Å². The summed E-state index contributed by atoms with van der Waals surface area (Å²) in [6.07, 6.45) is 0.693. The molecule has 128 valence electrons. The number of carbonyl (C=O) groups excluding carboxylic acids is 3. The van der Waals surface area contributed by atoms with Crippen molar-refractivity contribution < 1.29 is 14.4 Å². The van der Waals surface area contributed by atoms with Crippen LogP contribution in [0.3, 0.4) is 0 Å². The number of rotatable bonds is 4. The number of fused-ring (bicyclic) bond motifs is 3. The maximum Gasteiger partial charge on any atom is 0.257 e. The summed E-state index contributed by atoms with van der Waals surface area (Å²) in [7, 11) is 0. The topological polar surface area (TPSA) is 78.5 Å². The van der Waals surface area contributed by atoms with Crippen molar-refractivity contribution in [3.05, 3.63) is 23.2 Å². The summed E-state index contributed by atoms with van der Waals surface area (Å²) >= 11 is 7.39. The second-order valence-corrected chi connectivity index (χ2v) is 7.57. The smallest absolute Gasteiger partial charge is 0.257 e. The van der Waals surface area contributed by atoms with Crippen molar-refractivity contribution in [2.75, 3.05) is 11.4 Å². The molecule has 2 aliphatic heterocycles. The monoisotopic (exact) mass is 367 g/mol. The first-order valence-corrected chi connectivity index (χ1v) is 8.99. The number of amides is 3. The standard InChI is InChI=1S/C16H18ClN3O3S/c1-3-18-14(22)9(2)19-15(23)16-7-6-13(21)20(16)11-8-10(17)4-5-12(11)24-16/h4-5,8-9H,3,6-7H2,1-2H3,(H,18,22)(H,19,23)/t9-,16-/m1/s1. The number of halogens is 1. The van der Waals surface area contributed by atoms with E-state index in [-0.39, 0.29) is 17.7 Å². The average molecular weight is 368 g/mol. The highest BCUT2D eigenvalue weighted by molar-refractivity contribution is 8.02. The van der Waals surface area contributed by atoms with Gasteiger partial charge in [-0.25, -0.2) is 0 Å². The molecular formula is C16H18ClN3O3S. The molecule has 6 nitrogen and oxygen atoms in total. The van der Waals surface area contributed by atoms with E-state index in [2.05, 4.69) is 10.6 Å². The van der Waals surface area contributed by atoms with Crippen LogP contribution >= 0.6 is 23.4 Å². The van der Waals surface area contributed by atoms with Gasteiger partial charge in [0.25, 0.3) is 5.91 Å². The van der Waals surface area contributed by atoms with E-state index in [1.807, 2.05) is 13.0 Å².